The lowest BCUT2D eigenvalue weighted by molar-refractivity contribution is 0.981. The van der Waals surface area contributed by atoms with Gasteiger partial charge in [0.2, 0.25) is 0 Å². The Morgan fingerprint density at radius 2 is 1.45 bits per heavy atom. The lowest BCUT2D eigenvalue weighted by Crippen LogP contribution is -2.13. The molecule has 3 aromatic carbocycles. The summed E-state index contributed by atoms with van der Waals surface area (Å²) in [6.07, 6.45) is 9.95. The predicted octanol–water partition coefficient (Wildman–Crippen LogP) is 8.75. The van der Waals surface area contributed by atoms with Gasteiger partial charge in [-0.3, -0.25) is 9.97 Å². The van der Waals surface area contributed by atoms with Crippen molar-refractivity contribution in [3.63, 3.8) is 0 Å². The van der Waals surface area contributed by atoms with Crippen molar-refractivity contribution in [2.75, 3.05) is 5.32 Å². The summed E-state index contributed by atoms with van der Waals surface area (Å²) in [7, 11) is 0. The van der Waals surface area contributed by atoms with Crippen LogP contribution in [0, 0.1) is 0 Å². The molecule has 5 heteroatoms. The molecule has 8 rings (SSSR count). The van der Waals surface area contributed by atoms with Crippen molar-refractivity contribution in [2.45, 2.75) is 6.04 Å². The van der Waals surface area contributed by atoms with E-state index in [1.165, 1.54) is 5.56 Å². The van der Waals surface area contributed by atoms with Gasteiger partial charge in [-0.15, -0.1) is 0 Å². The Kier molecular flexibility index (Phi) is 5.78. The van der Waals surface area contributed by atoms with E-state index in [1.807, 2.05) is 60.9 Å². The van der Waals surface area contributed by atoms with E-state index in [9.17, 15) is 0 Å². The van der Waals surface area contributed by atoms with Crippen LogP contribution in [0.2, 0.25) is 0 Å². The van der Waals surface area contributed by atoms with E-state index in [0.717, 1.165) is 66.8 Å². The van der Waals surface area contributed by atoms with Gasteiger partial charge < -0.3 is 5.32 Å². The van der Waals surface area contributed by atoms with Crippen LogP contribution in [0.1, 0.15) is 17.2 Å². The minimum atomic E-state index is 0.0140. The number of aromatic nitrogens is 4. The number of pyridine rings is 4. The first-order valence-electron chi connectivity index (χ1n) is 14.0. The first-order valence-corrected chi connectivity index (χ1v) is 14.0. The van der Waals surface area contributed by atoms with Crippen LogP contribution in [-0.2, 0) is 0 Å². The van der Waals surface area contributed by atoms with Crippen molar-refractivity contribution in [3.05, 3.63) is 145 Å². The van der Waals surface area contributed by atoms with Crippen molar-refractivity contribution in [3.8, 4) is 33.8 Å². The highest BCUT2D eigenvalue weighted by atomic mass is 14.9. The van der Waals surface area contributed by atoms with Gasteiger partial charge in [-0.05, 0) is 47.5 Å². The third kappa shape index (κ3) is 4.19. The van der Waals surface area contributed by atoms with E-state index < -0.39 is 0 Å². The summed E-state index contributed by atoms with van der Waals surface area (Å²) in [5.74, 6) is 0. The number of hydrogen-bond donors (Lipinski definition) is 1. The van der Waals surface area contributed by atoms with Gasteiger partial charge in [0.15, 0.2) is 0 Å². The molecule has 0 bridgehead atoms. The Morgan fingerprint density at radius 3 is 2.31 bits per heavy atom. The molecule has 1 unspecified atom stereocenters. The summed E-state index contributed by atoms with van der Waals surface area (Å²) < 4.78 is 0. The molecule has 1 N–H and O–H groups in total. The lowest BCUT2D eigenvalue weighted by Gasteiger charge is -2.25. The minimum Gasteiger partial charge on any atom is -0.372 e. The second-order valence-electron chi connectivity index (χ2n) is 10.4. The maximum absolute atomic E-state index is 5.16. The quantitative estimate of drug-likeness (QED) is 0.227. The zero-order valence-electron chi connectivity index (χ0n) is 22.6. The van der Waals surface area contributed by atoms with E-state index in [-0.39, 0.29) is 6.04 Å². The number of nitrogens with zero attached hydrogens (tertiary/aromatic N) is 4. The number of para-hydroxylation sites is 1. The summed E-state index contributed by atoms with van der Waals surface area (Å²) >= 11 is 0. The molecule has 0 spiro atoms. The summed E-state index contributed by atoms with van der Waals surface area (Å²) in [6, 6.07) is 37.4. The summed E-state index contributed by atoms with van der Waals surface area (Å²) in [5.41, 5.74) is 11.2. The van der Waals surface area contributed by atoms with Crippen LogP contribution in [0.4, 0.5) is 5.69 Å². The standard InChI is InChI=1S/C37H25N5/c1-2-9-32-28(8-1)35(27-7-6-21-38-23-27)29-19-17-26-18-20-31(41-36(26)37(29)42-32)25-15-13-24(14-16-25)30-11-5-12-34(40-30)33-10-3-4-22-39-33/h1-23,31,41H. The van der Waals surface area contributed by atoms with Gasteiger partial charge >= 0.3 is 0 Å². The highest BCUT2D eigenvalue weighted by Gasteiger charge is 2.21. The van der Waals surface area contributed by atoms with Crippen LogP contribution in [-0.4, -0.2) is 19.9 Å². The maximum atomic E-state index is 5.16. The molecule has 1 atom stereocenters. The van der Waals surface area contributed by atoms with Gasteiger partial charge in [0.1, 0.15) is 0 Å². The van der Waals surface area contributed by atoms with Crippen molar-refractivity contribution >= 4 is 33.6 Å². The van der Waals surface area contributed by atoms with E-state index in [4.69, 9.17) is 9.97 Å². The predicted molar refractivity (Wildman–Crippen MR) is 171 cm³/mol. The largest absolute Gasteiger partial charge is 0.372 e. The molecule has 4 aromatic heterocycles. The molecule has 42 heavy (non-hydrogen) atoms. The third-order valence-electron chi connectivity index (χ3n) is 7.85. The first-order chi connectivity index (χ1) is 20.8. The van der Waals surface area contributed by atoms with Gasteiger partial charge in [0, 0.05) is 46.1 Å². The van der Waals surface area contributed by atoms with Crippen molar-refractivity contribution < 1.29 is 0 Å². The molecule has 0 saturated heterocycles. The number of fused-ring (bicyclic) bond motifs is 4. The fraction of sp³-hybridized carbons (Fsp3) is 0.0270. The van der Waals surface area contributed by atoms with Gasteiger partial charge in [-0.2, -0.15) is 0 Å². The average molecular weight is 540 g/mol. The summed E-state index contributed by atoms with van der Waals surface area (Å²) in [5, 5.41) is 6.03. The van der Waals surface area contributed by atoms with Crippen molar-refractivity contribution in [1.29, 1.82) is 0 Å². The zero-order chi connectivity index (χ0) is 27.9. The fourth-order valence-corrected chi connectivity index (χ4v) is 5.80. The van der Waals surface area contributed by atoms with Crippen LogP contribution in [0.15, 0.2) is 134 Å². The third-order valence-corrected chi connectivity index (χ3v) is 7.85. The number of anilines is 1. The SMILES string of the molecule is C1=CC(c2ccc(-c3cccc(-c4ccccn4)n3)cc2)Nc2c1ccc1c(-c3cccnc3)c3ccccc3nc21. The van der Waals surface area contributed by atoms with Crippen LogP contribution < -0.4 is 5.32 Å². The van der Waals surface area contributed by atoms with Crippen molar-refractivity contribution in [2.24, 2.45) is 0 Å². The van der Waals surface area contributed by atoms with Gasteiger partial charge in [-0.25, -0.2) is 9.97 Å². The normalized spacial score (nSPS) is 14.0. The number of rotatable bonds is 4. The average Bonchev–Trinajstić information content (AvgIpc) is 3.08. The summed E-state index contributed by atoms with van der Waals surface area (Å²) in [6.45, 7) is 0. The Labute approximate surface area is 243 Å². The van der Waals surface area contributed by atoms with E-state index in [0.29, 0.717) is 0 Å². The monoisotopic (exact) mass is 539 g/mol. The molecule has 0 amide bonds. The summed E-state index contributed by atoms with van der Waals surface area (Å²) in [4.78, 5) is 18.9. The zero-order valence-corrected chi connectivity index (χ0v) is 22.6. The molecular formula is C37H25N5. The number of nitrogens with one attached hydrogen (secondary N) is 1. The van der Waals surface area contributed by atoms with E-state index >= 15 is 0 Å². The number of benzene rings is 3. The number of hydrogen-bond acceptors (Lipinski definition) is 5. The van der Waals surface area contributed by atoms with Gasteiger partial charge in [-0.1, -0.05) is 84.9 Å². The van der Waals surface area contributed by atoms with E-state index in [2.05, 4.69) is 88.1 Å². The topological polar surface area (TPSA) is 63.6 Å². The molecule has 198 valence electrons. The fourth-order valence-electron chi connectivity index (χ4n) is 5.80. The highest BCUT2D eigenvalue weighted by molar-refractivity contribution is 6.13. The molecule has 0 fully saturated rings. The smallest absolute Gasteiger partial charge is 0.0953 e. The molecule has 0 radical (unpaired) electrons. The lowest BCUT2D eigenvalue weighted by atomic mass is 9.93. The van der Waals surface area contributed by atoms with Crippen LogP contribution in [0.5, 0.6) is 0 Å². The highest BCUT2D eigenvalue weighted by Crippen LogP contribution is 2.41. The first kappa shape index (κ1) is 24.1. The molecule has 0 aliphatic carbocycles. The minimum absolute atomic E-state index is 0.0140. The van der Waals surface area contributed by atoms with Crippen LogP contribution >= 0.6 is 0 Å². The molecular weight excluding hydrogens is 514 g/mol. The maximum Gasteiger partial charge on any atom is 0.0953 e. The molecule has 1 aliphatic rings. The molecule has 0 saturated carbocycles. The van der Waals surface area contributed by atoms with E-state index in [1.54, 1.807) is 6.20 Å². The van der Waals surface area contributed by atoms with Crippen LogP contribution in [0.3, 0.4) is 0 Å². The Hall–Kier alpha value is -5.68. The van der Waals surface area contributed by atoms with Crippen molar-refractivity contribution in [1.82, 2.24) is 19.9 Å². The Bertz CT molecular complexity index is 2100. The molecule has 5 heterocycles. The second kappa shape index (κ2) is 10.1. The molecule has 5 nitrogen and oxygen atoms in total. The Morgan fingerprint density at radius 1 is 0.595 bits per heavy atom. The van der Waals surface area contributed by atoms with Gasteiger partial charge in [0.05, 0.1) is 39.8 Å². The van der Waals surface area contributed by atoms with Gasteiger partial charge in [0.25, 0.3) is 0 Å². The molecule has 1 aliphatic heterocycles. The molecule has 7 aromatic rings. The second-order valence-corrected chi connectivity index (χ2v) is 10.4. The van der Waals surface area contributed by atoms with Crippen LogP contribution in [0.25, 0.3) is 61.7 Å². The Balaban J connectivity index is 1.16.